The maximum Gasteiger partial charge on any atom is 0.228 e. The lowest BCUT2D eigenvalue weighted by Crippen LogP contribution is -2.20. The van der Waals surface area contributed by atoms with Gasteiger partial charge in [-0.2, -0.15) is 0 Å². The summed E-state index contributed by atoms with van der Waals surface area (Å²) in [5.41, 5.74) is 2.28. The highest BCUT2D eigenvalue weighted by molar-refractivity contribution is 6.03. The smallest absolute Gasteiger partial charge is 0.228 e. The standard InChI is InChI=1S/C18H17FN2O2/c1-11-4-2-3-5-16(11)21-18(23)15-10-14(15)17(22)20-13-8-6-12(19)7-9-13/h2-9,14-15H,10H2,1H3,(H,20,22)(H,21,23). The molecule has 0 bridgehead atoms. The lowest BCUT2D eigenvalue weighted by molar-refractivity contribution is -0.122. The highest BCUT2D eigenvalue weighted by Gasteiger charge is 2.48. The maximum atomic E-state index is 12.8. The van der Waals surface area contributed by atoms with Gasteiger partial charge in [-0.1, -0.05) is 18.2 Å². The zero-order chi connectivity index (χ0) is 16.4. The second-order valence-corrected chi connectivity index (χ2v) is 5.75. The van der Waals surface area contributed by atoms with E-state index in [4.69, 9.17) is 0 Å². The van der Waals surface area contributed by atoms with Gasteiger partial charge in [0.1, 0.15) is 5.82 Å². The van der Waals surface area contributed by atoms with Gasteiger partial charge in [0.05, 0.1) is 11.8 Å². The van der Waals surface area contributed by atoms with Gasteiger partial charge in [0.25, 0.3) is 0 Å². The Morgan fingerprint density at radius 3 is 2.22 bits per heavy atom. The quantitative estimate of drug-likeness (QED) is 0.909. The fourth-order valence-corrected chi connectivity index (χ4v) is 2.48. The Morgan fingerprint density at radius 1 is 0.957 bits per heavy atom. The Morgan fingerprint density at radius 2 is 1.57 bits per heavy atom. The molecule has 23 heavy (non-hydrogen) atoms. The van der Waals surface area contributed by atoms with E-state index in [1.54, 1.807) is 0 Å². The SMILES string of the molecule is Cc1ccccc1NC(=O)C1CC1C(=O)Nc1ccc(F)cc1. The first-order valence-electron chi connectivity index (χ1n) is 7.47. The van der Waals surface area contributed by atoms with Crippen molar-refractivity contribution in [2.24, 2.45) is 11.8 Å². The summed E-state index contributed by atoms with van der Waals surface area (Å²) in [6, 6.07) is 13.1. The summed E-state index contributed by atoms with van der Waals surface area (Å²) in [6.45, 7) is 1.92. The minimum absolute atomic E-state index is 0.140. The number of nitrogens with one attached hydrogen (secondary N) is 2. The van der Waals surface area contributed by atoms with E-state index in [0.29, 0.717) is 12.1 Å². The van der Waals surface area contributed by atoms with Crippen LogP contribution in [0.1, 0.15) is 12.0 Å². The van der Waals surface area contributed by atoms with Crippen LogP contribution in [0.3, 0.4) is 0 Å². The van der Waals surface area contributed by atoms with Crippen molar-refractivity contribution in [2.75, 3.05) is 10.6 Å². The van der Waals surface area contributed by atoms with E-state index in [2.05, 4.69) is 10.6 Å². The van der Waals surface area contributed by atoms with Crippen LogP contribution in [0.25, 0.3) is 0 Å². The van der Waals surface area contributed by atoms with E-state index >= 15 is 0 Å². The topological polar surface area (TPSA) is 58.2 Å². The number of para-hydroxylation sites is 1. The fraction of sp³-hybridized carbons (Fsp3) is 0.222. The number of carbonyl (C=O) groups excluding carboxylic acids is 2. The number of anilines is 2. The molecule has 1 saturated carbocycles. The molecule has 4 nitrogen and oxygen atoms in total. The van der Waals surface area contributed by atoms with E-state index in [1.807, 2.05) is 31.2 Å². The summed E-state index contributed by atoms with van der Waals surface area (Å²) in [6.07, 6.45) is 0.532. The summed E-state index contributed by atoms with van der Waals surface area (Å²) < 4.78 is 12.8. The Balaban J connectivity index is 1.56. The number of hydrogen-bond donors (Lipinski definition) is 2. The maximum absolute atomic E-state index is 12.8. The van der Waals surface area contributed by atoms with E-state index in [0.717, 1.165) is 11.3 Å². The monoisotopic (exact) mass is 312 g/mol. The van der Waals surface area contributed by atoms with Crippen molar-refractivity contribution >= 4 is 23.2 Å². The van der Waals surface area contributed by atoms with Crippen molar-refractivity contribution in [3.05, 3.63) is 59.9 Å². The summed E-state index contributed by atoms with van der Waals surface area (Å²) in [4.78, 5) is 24.3. The van der Waals surface area contributed by atoms with E-state index in [-0.39, 0.29) is 29.5 Å². The fourth-order valence-electron chi connectivity index (χ4n) is 2.48. The third-order valence-corrected chi connectivity index (χ3v) is 3.98. The Hall–Kier alpha value is -2.69. The molecule has 0 spiro atoms. The molecule has 5 heteroatoms. The highest BCUT2D eigenvalue weighted by Crippen LogP contribution is 2.40. The first-order valence-corrected chi connectivity index (χ1v) is 7.47. The zero-order valence-electron chi connectivity index (χ0n) is 12.7. The summed E-state index contributed by atoms with van der Waals surface area (Å²) in [5, 5.41) is 5.57. The Kier molecular flexibility index (Phi) is 4.10. The Labute approximate surface area is 133 Å². The number of benzene rings is 2. The molecule has 2 atom stereocenters. The molecule has 1 aliphatic rings. The predicted molar refractivity (Wildman–Crippen MR) is 86.4 cm³/mol. The van der Waals surface area contributed by atoms with Gasteiger partial charge in [-0.3, -0.25) is 9.59 Å². The number of amides is 2. The number of rotatable bonds is 4. The van der Waals surface area contributed by atoms with Gasteiger partial charge in [-0.15, -0.1) is 0 Å². The predicted octanol–water partition coefficient (Wildman–Crippen LogP) is 3.35. The Bertz CT molecular complexity index is 743. The average molecular weight is 312 g/mol. The molecule has 2 aromatic rings. The molecule has 118 valence electrons. The van der Waals surface area contributed by atoms with Gasteiger partial charge in [0.2, 0.25) is 11.8 Å². The molecule has 0 heterocycles. The summed E-state index contributed by atoms with van der Waals surface area (Å²) >= 11 is 0. The summed E-state index contributed by atoms with van der Waals surface area (Å²) in [7, 11) is 0. The van der Waals surface area contributed by atoms with E-state index < -0.39 is 0 Å². The molecule has 0 radical (unpaired) electrons. The minimum atomic E-state index is -0.357. The van der Waals surface area contributed by atoms with Gasteiger partial charge >= 0.3 is 0 Å². The molecule has 3 rings (SSSR count). The number of aryl methyl sites for hydroxylation is 1. The number of carbonyl (C=O) groups is 2. The number of halogens is 1. The van der Waals surface area contributed by atoms with Crippen LogP contribution in [0.4, 0.5) is 15.8 Å². The molecule has 0 aromatic heterocycles. The van der Waals surface area contributed by atoms with Crippen molar-refractivity contribution < 1.29 is 14.0 Å². The second kappa shape index (κ2) is 6.20. The molecule has 2 N–H and O–H groups in total. The van der Waals surface area contributed by atoms with E-state index in [1.165, 1.54) is 24.3 Å². The first kappa shape index (κ1) is 15.2. The first-order chi connectivity index (χ1) is 11.0. The van der Waals surface area contributed by atoms with Crippen molar-refractivity contribution in [1.29, 1.82) is 0 Å². The van der Waals surface area contributed by atoms with Gasteiger partial charge in [-0.25, -0.2) is 4.39 Å². The van der Waals surface area contributed by atoms with Gasteiger partial charge in [-0.05, 0) is 49.2 Å². The molecule has 1 fully saturated rings. The van der Waals surface area contributed by atoms with Gasteiger partial charge < -0.3 is 10.6 Å². The van der Waals surface area contributed by atoms with Crippen LogP contribution in [0, 0.1) is 24.6 Å². The van der Waals surface area contributed by atoms with Crippen LogP contribution in [-0.2, 0) is 9.59 Å². The largest absolute Gasteiger partial charge is 0.326 e. The number of hydrogen-bond acceptors (Lipinski definition) is 2. The molecule has 2 amide bonds. The molecular formula is C18H17FN2O2. The van der Waals surface area contributed by atoms with Gasteiger partial charge in [0.15, 0.2) is 0 Å². The van der Waals surface area contributed by atoms with Crippen LogP contribution < -0.4 is 10.6 Å². The second-order valence-electron chi connectivity index (χ2n) is 5.75. The molecule has 0 aliphatic heterocycles. The average Bonchev–Trinajstić information content (AvgIpc) is 3.32. The zero-order valence-corrected chi connectivity index (χ0v) is 12.7. The normalized spacial score (nSPS) is 19.0. The third-order valence-electron chi connectivity index (χ3n) is 3.98. The van der Waals surface area contributed by atoms with Crippen molar-refractivity contribution in [3.63, 3.8) is 0 Å². The molecule has 0 saturated heterocycles. The lowest BCUT2D eigenvalue weighted by atomic mass is 10.2. The van der Waals surface area contributed by atoms with Crippen LogP contribution in [0.5, 0.6) is 0 Å². The van der Waals surface area contributed by atoms with Crippen LogP contribution in [0.2, 0.25) is 0 Å². The molecular weight excluding hydrogens is 295 g/mol. The van der Waals surface area contributed by atoms with Crippen molar-refractivity contribution in [2.45, 2.75) is 13.3 Å². The molecule has 1 aliphatic carbocycles. The van der Waals surface area contributed by atoms with Crippen LogP contribution >= 0.6 is 0 Å². The third kappa shape index (κ3) is 3.56. The lowest BCUT2D eigenvalue weighted by Gasteiger charge is -2.08. The summed E-state index contributed by atoms with van der Waals surface area (Å²) in [5.74, 6) is -1.34. The van der Waals surface area contributed by atoms with Crippen molar-refractivity contribution in [1.82, 2.24) is 0 Å². The highest BCUT2D eigenvalue weighted by atomic mass is 19.1. The molecule has 2 unspecified atom stereocenters. The molecule has 2 aromatic carbocycles. The van der Waals surface area contributed by atoms with Crippen LogP contribution in [0.15, 0.2) is 48.5 Å². The van der Waals surface area contributed by atoms with Gasteiger partial charge in [0, 0.05) is 11.4 Å². The van der Waals surface area contributed by atoms with E-state index in [9.17, 15) is 14.0 Å². The minimum Gasteiger partial charge on any atom is -0.326 e. The van der Waals surface area contributed by atoms with Crippen LogP contribution in [-0.4, -0.2) is 11.8 Å². The van der Waals surface area contributed by atoms with Crippen molar-refractivity contribution in [3.8, 4) is 0 Å².